The minimum Gasteiger partial charge on any atom is -0.258 e. The summed E-state index contributed by atoms with van der Waals surface area (Å²) in [7, 11) is 0. The molecule has 0 aliphatic heterocycles. The number of hydrogen-bond acceptors (Lipinski definition) is 4. The second kappa shape index (κ2) is 7.27. The summed E-state index contributed by atoms with van der Waals surface area (Å²) in [5.41, 5.74) is 2.58. The summed E-state index contributed by atoms with van der Waals surface area (Å²) in [5, 5.41) is 0. The van der Waals surface area contributed by atoms with Gasteiger partial charge >= 0.3 is 0 Å². The lowest BCUT2D eigenvalue weighted by Crippen LogP contribution is -2.07. The van der Waals surface area contributed by atoms with Crippen molar-refractivity contribution in [2.45, 2.75) is 44.4 Å². The Balaban J connectivity index is 2.02. The minimum absolute atomic E-state index is 0.750. The van der Waals surface area contributed by atoms with Crippen LogP contribution in [0.25, 0.3) is 10.2 Å². The highest BCUT2D eigenvalue weighted by Crippen LogP contribution is 2.30. The first kappa shape index (κ1) is 14.8. The van der Waals surface area contributed by atoms with E-state index in [0.717, 1.165) is 23.2 Å². The summed E-state index contributed by atoms with van der Waals surface area (Å²) in [6.07, 6.45) is 3.50. The van der Waals surface area contributed by atoms with Crippen molar-refractivity contribution >= 4 is 33.5 Å². The molecule has 1 aromatic heterocycles. The monoisotopic (exact) mass is 294 g/mol. The van der Waals surface area contributed by atoms with Crippen molar-refractivity contribution in [1.82, 2.24) is 9.71 Å². The van der Waals surface area contributed by atoms with Crippen LogP contribution in [-0.2, 0) is 6.42 Å². The second-order valence-corrected chi connectivity index (χ2v) is 7.34. The van der Waals surface area contributed by atoms with E-state index in [-0.39, 0.29) is 0 Å². The number of benzene rings is 1. The molecule has 104 valence electrons. The first-order valence-corrected chi connectivity index (χ1v) is 8.62. The Kier molecular flexibility index (Phi) is 5.67. The van der Waals surface area contributed by atoms with E-state index in [2.05, 4.69) is 43.7 Å². The largest absolute Gasteiger partial charge is 0.258 e. The molecular formula is C15H22N2S2. The minimum atomic E-state index is 0.750. The SMILES string of the molecule is CCCc1cccc2sc(SNCCC(C)C)nc12. The molecule has 19 heavy (non-hydrogen) atoms. The molecule has 0 amide bonds. The van der Waals surface area contributed by atoms with Crippen LogP contribution < -0.4 is 4.72 Å². The van der Waals surface area contributed by atoms with Crippen LogP contribution in [0.3, 0.4) is 0 Å². The highest BCUT2D eigenvalue weighted by atomic mass is 32.2. The molecule has 4 heteroatoms. The van der Waals surface area contributed by atoms with Crippen LogP contribution in [0.15, 0.2) is 22.5 Å². The molecular weight excluding hydrogens is 272 g/mol. The Labute approximate surface area is 124 Å². The molecule has 0 fully saturated rings. The van der Waals surface area contributed by atoms with E-state index in [0.29, 0.717) is 0 Å². The lowest BCUT2D eigenvalue weighted by atomic mass is 10.1. The van der Waals surface area contributed by atoms with Crippen molar-refractivity contribution < 1.29 is 0 Å². The maximum absolute atomic E-state index is 4.77. The van der Waals surface area contributed by atoms with Gasteiger partial charge in [-0.05, 0) is 42.3 Å². The summed E-state index contributed by atoms with van der Waals surface area (Å²) < 4.78 is 5.84. The molecule has 2 aromatic rings. The fourth-order valence-electron chi connectivity index (χ4n) is 1.96. The third kappa shape index (κ3) is 4.20. The van der Waals surface area contributed by atoms with Crippen LogP contribution in [0, 0.1) is 5.92 Å². The lowest BCUT2D eigenvalue weighted by molar-refractivity contribution is 0.585. The maximum atomic E-state index is 4.77. The zero-order valence-corrected chi connectivity index (χ0v) is 13.5. The molecule has 0 saturated carbocycles. The number of nitrogens with zero attached hydrogens (tertiary/aromatic N) is 1. The zero-order valence-electron chi connectivity index (χ0n) is 11.9. The van der Waals surface area contributed by atoms with Crippen LogP contribution in [0.1, 0.15) is 39.2 Å². The molecule has 0 atom stereocenters. The van der Waals surface area contributed by atoms with Gasteiger partial charge in [-0.3, -0.25) is 4.72 Å². The van der Waals surface area contributed by atoms with Crippen LogP contribution in [0.5, 0.6) is 0 Å². The van der Waals surface area contributed by atoms with Crippen LogP contribution in [0.2, 0.25) is 0 Å². The van der Waals surface area contributed by atoms with Gasteiger partial charge in [0.05, 0.1) is 10.2 Å². The predicted octanol–water partition coefficient (Wildman–Crippen LogP) is 4.89. The fraction of sp³-hybridized carbons (Fsp3) is 0.533. The molecule has 2 rings (SSSR count). The molecule has 0 unspecified atom stereocenters. The summed E-state index contributed by atoms with van der Waals surface area (Å²) >= 11 is 3.46. The first-order chi connectivity index (χ1) is 9.20. The van der Waals surface area contributed by atoms with Crippen LogP contribution in [-0.4, -0.2) is 11.5 Å². The van der Waals surface area contributed by atoms with E-state index in [9.17, 15) is 0 Å². The van der Waals surface area contributed by atoms with Crippen molar-refractivity contribution in [2.24, 2.45) is 5.92 Å². The van der Waals surface area contributed by atoms with Gasteiger partial charge in [-0.15, -0.1) is 11.3 Å². The summed E-state index contributed by atoms with van der Waals surface area (Å²) in [6.45, 7) is 7.76. The number of nitrogens with one attached hydrogen (secondary N) is 1. The van der Waals surface area contributed by atoms with Gasteiger partial charge < -0.3 is 0 Å². The van der Waals surface area contributed by atoms with Gasteiger partial charge in [0.2, 0.25) is 0 Å². The molecule has 1 N–H and O–H groups in total. The van der Waals surface area contributed by atoms with Crippen LogP contribution in [0.4, 0.5) is 0 Å². The van der Waals surface area contributed by atoms with E-state index in [1.165, 1.54) is 28.6 Å². The molecule has 0 saturated heterocycles. The summed E-state index contributed by atoms with van der Waals surface area (Å²) in [5.74, 6) is 0.750. The van der Waals surface area contributed by atoms with Gasteiger partial charge in [0.1, 0.15) is 0 Å². The highest BCUT2D eigenvalue weighted by molar-refractivity contribution is 7.99. The highest BCUT2D eigenvalue weighted by Gasteiger charge is 2.08. The molecule has 1 heterocycles. The van der Waals surface area contributed by atoms with Gasteiger partial charge in [0.15, 0.2) is 4.34 Å². The van der Waals surface area contributed by atoms with Crippen molar-refractivity contribution in [3.05, 3.63) is 23.8 Å². The Hall–Kier alpha value is -0.580. The molecule has 2 nitrogen and oxygen atoms in total. The number of fused-ring (bicyclic) bond motifs is 1. The Morgan fingerprint density at radius 2 is 2.21 bits per heavy atom. The Morgan fingerprint density at radius 3 is 2.95 bits per heavy atom. The second-order valence-electron chi connectivity index (χ2n) is 5.17. The van der Waals surface area contributed by atoms with Crippen molar-refractivity contribution in [2.75, 3.05) is 6.54 Å². The number of rotatable bonds is 7. The van der Waals surface area contributed by atoms with E-state index in [1.807, 2.05) is 0 Å². The molecule has 1 aromatic carbocycles. The summed E-state index contributed by atoms with van der Waals surface area (Å²) in [4.78, 5) is 4.77. The smallest absolute Gasteiger partial charge is 0.166 e. The zero-order chi connectivity index (χ0) is 13.7. The van der Waals surface area contributed by atoms with Crippen LogP contribution >= 0.6 is 23.3 Å². The average Bonchev–Trinajstić information content (AvgIpc) is 2.79. The normalized spacial score (nSPS) is 11.6. The van der Waals surface area contributed by atoms with E-state index in [1.54, 1.807) is 23.3 Å². The van der Waals surface area contributed by atoms with E-state index >= 15 is 0 Å². The first-order valence-electron chi connectivity index (χ1n) is 6.98. The van der Waals surface area contributed by atoms with E-state index < -0.39 is 0 Å². The standard InChI is InChI=1S/C15H22N2S2/c1-4-6-12-7-5-8-13-14(12)17-15(18-13)19-16-10-9-11(2)3/h5,7-8,11,16H,4,6,9-10H2,1-3H3. The molecule has 0 bridgehead atoms. The number of hydrogen-bond donors (Lipinski definition) is 1. The molecule has 0 aliphatic carbocycles. The van der Waals surface area contributed by atoms with Gasteiger partial charge in [-0.25, -0.2) is 4.98 Å². The van der Waals surface area contributed by atoms with Gasteiger partial charge in [-0.2, -0.15) is 0 Å². The van der Waals surface area contributed by atoms with Crippen molar-refractivity contribution in [3.63, 3.8) is 0 Å². The molecule has 0 spiro atoms. The fourth-order valence-corrected chi connectivity index (χ4v) is 3.80. The third-order valence-electron chi connectivity index (χ3n) is 2.99. The average molecular weight is 294 g/mol. The van der Waals surface area contributed by atoms with Crippen molar-refractivity contribution in [1.29, 1.82) is 0 Å². The number of thiazole rings is 1. The molecule has 0 radical (unpaired) electrons. The van der Waals surface area contributed by atoms with Gasteiger partial charge in [-0.1, -0.05) is 39.3 Å². The topological polar surface area (TPSA) is 24.9 Å². The van der Waals surface area contributed by atoms with Crippen molar-refractivity contribution in [3.8, 4) is 0 Å². The van der Waals surface area contributed by atoms with Gasteiger partial charge in [0, 0.05) is 6.54 Å². The number of aryl methyl sites for hydroxylation is 1. The van der Waals surface area contributed by atoms with Gasteiger partial charge in [0.25, 0.3) is 0 Å². The summed E-state index contributed by atoms with van der Waals surface area (Å²) in [6, 6.07) is 6.52. The third-order valence-corrected chi connectivity index (χ3v) is 4.92. The number of aromatic nitrogens is 1. The Morgan fingerprint density at radius 1 is 1.37 bits per heavy atom. The molecule has 0 aliphatic rings. The van der Waals surface area contributed by atoms with E-state index in [4.69, 9.17) is 4.98 Å². The number of para-hydroxylation sites is 1. The quantitative estimate of drug-likeness (QED) is 0.581. The maximum Gasteiger partial charge on any atom is 0.166 e. The predicted molar refractivity (Wildman–Crippen MR) is 86.9 cm³/mol. The Bertz CT molecular complexity index is 520. The lowest BCUT2D eigenvalue weighted by Gasteiger charge is -2.03.